The number of carbonyl (C=O) groups excluding carboxylic acids is 2. The van der Waals surface area contributed by atoms with Crippen LogP contribution < -0.4 is 5.32 Å². The normalized spacial score (nSPS) is 11.6. The molecule has 8 heteroatoms. The maximum Gasteiger partial charge on any atom is 0.326 e. The standard InChI is InChI=1S/C13H13ClFNO5/c1-21-11(17)5-4-10(13(19)20)16-12(18)8-3-2-7(14)6-9(8)15/h2-3,6,10H,4-5H2,1H3,(H,16,18)(H,19,20)/t10-/m1/s1. The second-order valence-electron chi connectivity index (χ2n) is 4.10. The van der Waals surface area contributed by atoms with Crippen LogP contribution in [0.3, 0.4) is 0 Å². The molecule has 114 valence electrons. The molecule has 21 heavy (non-hydrogen) atoms. The van der Waals surface area contributed by atoms with Crippen LogP contribution in [0.4, 0.5) is 4.39 Å². The van der Waals surface area contributed by atoms with Gasteiger partial charge in [-0.25, -0.2) is 9.18 Å². The van der Waals surface area contributed by atoms with Crippen LogP contribution in [0, 0.1) is 5.82 Å². The molecule has 0 spiro atoms. The molecule has 1 amide bonds. The van der Waals surface area contributed by atoms with Crippen molar-refractivity contribution >= 4 is 29.4 Å². The smallest absolute Gasteiger partial charge is 0.326 e. The summed E-state index contributed by atoms with van der Waals surface area (Å²) in [5, 5.41) is 11.2. The Labute approximate surface area is 124 Å². The number of hydrogen-bond donors (Lipinski definition) is 2. The number of rotatable bonds is 6. The van der Waals surface area contributed by atoms with Gasteiger partial charge in [-0.15, -0.1) is 0 Å². The predicted octanol–water partition coefficient (Wildman–Crippen LogP) is 1.62. The van der Waals surface area contributed by atoms with Gasteiger partial charge < -0.3 is 15.2 Å². The van der Waals surface area contributed by atoms with Crippen molar-refractivity contribution in [2.75, 3.05) is 7.11 Å². The summed E-state index contributed by atoms with van der Waals surface area (Å²) in [7, 11) is 1.17. The van der Waals surface area contributed by atoms with Gasteiger partial charge in [-0.3, -0.25) is 9.59 Å². The molecule has 0 aromatic heterocycles. The Morgan fingerprint density at radius 3 is 2.62 bits per heavy atom. The minimum atomic E-state index is -1.33. The zero-order chi connectivity index (χ0) is 16.0. The number of nitrogens with one attached hydrogen (secondary N) is 1. The van der Waals surface area contributed by atoms with Crippen LogP contribution in [-0.2, 0) is 14.3 Å². The van der Waals surface area contributed by atoms with E-state index >= 15 is 0 Å². The first-order valence-electron chi connectivity index (χ1n) is 5.90. The van der Waals surface area contributed by atoms with E-state index < -0.39 is 29.7 Å². The quantitative estimate of drug-likeness (QED) is 0.778. The van der Waals surface area contributed by atoms with Crippen molar-refractivity contribution in [3.8, 4) is 0 Å². The van der Waals surface area contributed by atoms with E-state index in [9.17, 15) is 18.8 Å². The van der Waals surface area contributed by atoms with Crippen molar-refractivity contribution in [2.45, 2.75) is 18.9 Å². The summed E-state index contributed by atoms with van der Waals surface area (Å²) in [5.41, 5.74) is -0.330. The first-order valence-corrected chi connectivity index (χ1v) is 6.28. The second-order valence-corrected chi connectivity index (χ2v) is 4.54. The van der Waals surface area contributed by atoms with Crippen molar-refractivity contribution in [3.05, 3.63) is 34.6 Å². The van der Waals surface area contributed by atoms with Crippen LogP contribution in [0.2, 0.25) is 5.02 Å². The zero-order valence-corrected chi connectivity index (χ0v) is 11.8. The first-order chi connectivity index (χ1) is 9.85. The molecule has 0 heterocycles. The fraction of sp³-hybridized carbons (Fsp3) is 0.308. The largest absolute Gasteiger partial charge is 0.480 e. The van der Waals surface area contributed by atoms with Crippen LogP contribution in [0.5, 0.6) is 0 Å². The molecule has 1 aromatic rings. The average Bonchev–Trinajstić information content (AvgIpc) is 2.42. The average molecular weight is 318 g/mol. The lowest BCUT2D eigenvalue weighted by molar-refractivity contribution is -0.142. The number of carboxylic acid groups (broad SMARTS) is 1. The van der Waals surface area contributed by atoms with Crippen molar-refractivity contribution < 1.29 is 28.6 Å². The number of halogens is 2. The first kappa shape index (κ1) is 16.9. The van der Waals surface area contributed by atoms with Gasteiger partial charge in [-0.05, 0) is 24.6 Å². The number of ether oxygens (including phenoxy) is 1. The molecule has 6 nitrogen and oxygen atoms in total. The molecule has 0 saturated carbocycles. The summed E-state index contributed by atoms with van der Waals surface area (Å²) in [6, 6.07) is 2.07. The van der Waals surface area contributed by atoms with Crippen LogP contribution in [-0.4, -0.2) is 36.1 Å². The van der Waals surface area contributed by atoms with E-state index in [0.717, 1.165) is 12.1 Å². The van der Waals surface area contributed by atoms with E-state index in [1.165, 1.54) is 13.2 Å². The third kappa shape index (κ3) is 5.03. The van der Waals surface area contributed by atoms with Crippen LogP contribution >= 0.6 is 11.6 Å². The lowest BCUT2D eigenvalue weighted by Gasteiger charge is -2.14. The molecule has 0 radical (unpaired) electrons. The predicted molar refractivity (Wildman–Crippen MR) is 71.6 cm³/mol. The summed E-state index contributed by atoms with van der Waals surface area (Å²) < 4.78 is 17.9. The lowest BCUT2D eigenvalue weighted by Crippen LogP contribution is -2.41. The van der Waals surface area contributed by atoms with E-state index in [4.69, 9.17) is 16.7 Å². The summed E-state index contributed by atoms with van der Waals surface area (Å²) in [5.74, 6) is -3.70. The SMILES string of the molecule is COC(=O)CC[C@@H](NC(=O)c1ccc(Cl)cc1F)C(=O)O. The highest BCUT2D eigenvalue weighted by molar-refractivity contribution is 6.30. The van der Waals surface area contributed by atoms with Gasteiger partial charge in [0.1, 0.15) is 11.9 Å². The molecule has 1 aromatic carbocycles. The van der Waals surface area contributed by atoms with Crippen molar-refractivity contribution in [1.29, 1.82) is 0 Å². The highest BCUT2D eigenvalue weighted by atomic mass is 35.5. The van der Waals surface area contributed by atoms with Crippen LogP contribution in [0.15, 0.2) is 18.2 Å². The minimum Gasteiger partial charge on any atom is -0.480 e. The Morgan fingerprint density at radius 1 is 1.43 bits per heavy atom. The molecule has 0 aliphatic heterocycles. The molecule has 2 N–H and O–H groups in total. The summed E-state index contributed by atoms with van der Waals surface area (Å²) in [4.78, 5) is 33.8. The Hall–Kier alpha value is -2.15. The summed E-state index contributed by atoms with van der Waals surface area (Å²) in [6.07, 6.45) is -0.347. The molecule has 0 aliphatic rings. The monoisotopic (exact) mass is 317 g/mol. The fourth-order valence-corrected chi connectivity index (χ4v) is 1.69. The van der Waals surface area contributed by atoms with Crippen molar-refractivity contribution in [3.63, 3.8) is 0 Å². The molecule has 0 fully saturated rings. The zero-order valence-electron chi connectivity index (χ0n) is 11.1. The number of carbonyl (C=O) groups is 3. The van der Waals surface area contributed by atoms with E-state index in [0.29, 0.717) is 0 Å². The van der Waals surface area contributed by atoms with Crippen LogP contribution in [0.25, 0.3) is 0 Å². The highest BCUT2D eigenvalue weighted by Gasteiger charge is 2.23. The van der Waals surface area contributed by atoms with E-state index in [1.54, 1.807) is 0 Å². The number of carboxylic acids is 1. The second kappa shape index (κ2) is 7.58. The number of amides is 1. The molecule has 1 rings (SSSR count). The maximum absolute atomic E-state index is 13.6. The maximum atomic E-state index is 13.6. The van der Waals surface area contributed by atoms with Crippen molar-refractivity contribution in [1.82, 2.24) is 5.32 Å². The number of aliphatic carboxylic acids is 1. The minimum absolute atomic E-state index is 0.115. The number of methoxy groups -OCH3 is 1. The Morgan fingerprint density at radius 2 is 2.10 bits per heavy atom. The summed E-state index contributed by atoms with van der Waals surface area (Å²) in [6.45, 7) is 0. The third-order valence-corrected chi connectivity index (χ3v) is 2.88. The number of benzene rings is 1. The topological polar surface area (TPSA) is 92.7 Å². The van der Waals surface area contributed by atoms with E-state index in [2.05, 4.69) is 10.1 Å². The van der Waals surface area contributed by atoms with E-state index in [1.807, 2.05) is 0 Å². The molecule has 0 saturated heterocycles. The molecule has 0 aliphatic carbocycles. The van der Waals surface area contributed by atoms with Crippen LogP contribution in [0.1, 0.15) is 23.2 Å². The Balaban J connectivity index is 2.76. The Kier molecular flexibility index (Phi) is 6.10. The fourth-order valence-electron chi connectivity index (χ4n) is 1.53. The van der Waals surface area contributed by atoms with Crippen molar-refractivity contribution in [2.24, 2.45) is 0 Å². The number of hydrogen-bond acceptors (Lipinski definition) is 4. The number of esters is 1. The van der Waals surface area contributed by atoms with Gasteiger partial charge in [-0.2, -0.15) is 0 Å². The molecular formula is C13H13ClFNO5. The lowest BCUT2D eigenvalue weighted by atomic mass is 10.1. The van der Waals surface area contributed by atoms with Gasteiger partial charge >= 0.3 is 11.9 Å². The van der Waals surface area contributed by atoms with Gasteiger partial charge in [0.25, 0.3) is 5.91 Å². The van der Waals surface area contributed by atoms with Gasteiger partial charge in [0.15, 0.2) is 0 Å². The molecule has 1 atom stereocenters. The van der Waals surface area contributed by atoms with E-state index in [-0.39, 0.29) is 23.4 Å². The molecular weight excluding hydrogens is 305 g/mol. The van der Waals surface area contributed by atoms with Gasteiger partial charge in [-0.1, -0.05) is 11.6 Å². The Bertz CT molecular complexity index is 563. The summed E-state index contributed by atoms with van der Waals surface area (Å²) >= 11 is 5.56. The van der Waals surface area contributed by atoms with Gasteiger partial charge in [0.05, 0.1) is 12.7 Å². The van der Waals surface area contributed by atoms with Gasteiger partial charge in [0.2, 0.25) is 0 Å². The molecule has 0 bridgehead atoms. The molecule has 0 unspecified atom stereocenters. The third-order valence-electron chi connectivity index (χ3n) is 2.64. The highest BCUT2D eigenvalue weighted by Crippen LogP contribution is 2.15. The van der Waals surface area contributed by atoms with Gasteiger partial charge in [0, 0.05) is 11.4 Å².